The molecule has 2 N–H and O–H groups in total. The lowest BCUT2D eigenvalue weighted by atomic mass is 9.93. The van der Waals surface area contributed by atoms with E-state index in [1.807, 2.05) is 30.3 Å². The predicted octanol–water partition coefficient (Wildman–Crippen LogP) is 4.13. The van der Waals surface area contributed by atoms with Crippen molar-refractivity contribution < 1.29 is 10.2 Å². The largest absolute Gasteiger partial charge is 0.392 e. The summed E-state index contributed by atoms with van der Waals surface area (Å²) in [5.74, 6) is 0. The molecule has 0 aliphatic rings. The molecule has 4 aromatic rings. The summed E-state index contributed by atoms with van der Waals surface area (Å²) in [6.07, 6.45) is 0. The second-order valence-corrected chi connectivity index (χ2v) is 5.60. The van der Waals surface area contributed by atoms with Crippen molar-refractivity contribution >= 4 is 32.3 Å². The van der Waals surface area contributed by atoms with Crippen LogP contribution in [0.3, 0.4) is 0 Å². The molecule has 0 aliphatic carbocycles. The molecule has 0 radical (unpaired) electrons. The fourth-order valence-electron chi connectivity index (χ4n) is 3.31. The molecule has 108 valence electrons. The molecular formula is C20H16O2. The Morgan fingerprint density at radius 3 is 2.09 bits per heavy atom. The van der Waals surface area contributed by atoms with Crippen LogP contribution >= 0.6 is 0 Å². The Labute approximate surface area is 128 Å². The topological polar surface area (TPSA) is 40.5 Å². The molecule has 0 amide bonds. The van der Waals surface area contributed by atoms with Gasteiger partial charge in [0.15, 0.2) is 0 Å². The molecular weight excluding hydrogens is 272 g/mol. The third kappa shape index (κ3) is 1.89. The summed E-state index contributed by atoms with van der Waals surface area (Å²) in [5, 5.41) is 26.0. The number of aliphatic hydroxyl groups is 2. The number of hydrogen-bond donors (Lipinski definition) is 2. The van der Waals surface area contributed by atoms with E-state index in [0.717, 1.165) is 43.4 Å². The van der Waals surface area contributed by atoms with Gasteiger partial charge in [0.1, 0.15) is 0 Å². The number of benzene rings is 4. The summed E-state index contributed by atoms with van der Waals surface area (Å²) < 4.78 is 0. The molecule has 0 saturated carbocycles. The minimum atomic E-state index is 0.00461. The molecule has 2 heteroatoms. The highest BCUT2D eigenvalue weighted by Gasteiger charge is 2.09. The molecule has 0 aliphatic heterocycles. The summed E-state index contributed by atoms with van der Waals surface area (Å²) in [4.78, 5) is 0. The number of hydrogen-bond acceptors (Lipinski definition) is 2. The zero-order chi connectivity index (χ0) is 15.1. The second kappa shape index (κ2) is 5.09. The van der Waals surface area contributed by atoms with E-state index >= 15 is 0 Å². The average molecular weight is 288 g/mol. The van der Waals surface area contributed by atoms with Crippen molar-refractivity contribution in [1.82, 2.24) is 0 Å². The van der Waals surface area contributed by atoms with Gasteiger partial charge in [-0.05, 0) is 61.6 Å². The van der Waals surface area contributed by atoms with Crippen molar-refractivity contribution in [2.75, 3.05) is 0 Å². The normalized spacial score (nSPS) is 11.5. The number of aliphatic hydroxyl groups excluding tert-OH is 2. The fraction of sp³-hybridized carbons (Fsp3) is 0.100. The van der Waals surface area contributed by atoms with E-state index in [1.165, 1.54) is 0 Å². The van der Waals surface area contributed by atoms with Crippen LogP contribution in [0.4, 0.5) is 0 Å². The highest BCUT2D eigenvalue weighted by atomic mass is 16.3. The van der Waals surface area contributed by atoms with Crippen molar-refractivity contribution in [2.45, 2.75) is 13.2 Å². The first-order valence-electron chi connectivity index (χ1n) is 7.39. The first-order chi connectivity index (χ1) is 10.8. The molecule has 0 saturated heterocycles. The summed E-state index contributed by atoms with van der Waals surface area (Å²) in [6.45, 7) is 0.0234. The van der Waals surface area contributed by atoms with E-state index in [2.05, 4.69) is 30.3 Å². The maximum absolute atomic E-state index is 9.88. The van der Waals surface area contributed by atoms with E-state index in [0.29, 0.717) is 0 Å². The van der Waals surface area contributed by atoms with Crippen molar-refractivity contribution in [3.8, 4) is 0 Å². The van der Waals surface area contributed by atoms with Gasteiger partial charge in [-0.25, -0.2) is 0 Å². The maximum atomic E-state index is 9.88. The van der Waals surface area contributed by atoms with Gasteiger partial charge in [-0.15, -0.1) is 0 Å². The van der Waals surface area contributed by atoms with Gasteiger partial charge in [0.2, 0.25) is 0 Å². The molecule has 0 bridgehead atoms. The molecule has 0 unspecified atom stereocenters. The van der Waals surface area contributed by atoms with Gasteiger partial charge in [-0.1, -0.05) is 42.5 Å². The van der Waals surface area contributed by atoms with Gasteiger partial charge >= 0.3 is 0 Å². The molecule has 4 rings (SSSR count). The van der Waals surface area contributed by atoms with Crippen molar-refractivity contribution in [3.63, 3.8) is 0 Å². The van der Waals surface area contributed by atoms with Crippen LogP contribution in [-0.4, -0.2) is 10.2 Å². The van der Waals surface area contributed by atoms with Crippen LogP contribution in [0.25, 0.3) is 32.3 Å². The summed E-state index contributed by atoms with van der Waals surface area (Å²) >= 11 is 0. The van der Waals surface area contributed by atoms with Crippen LogP contribution in [0.15, 0.2) is 60.7 Å². The molecule has 0 spiro atoms. The quantitative estimate of drug-likeness (QED) is 0.544. The van der Waals surface area contributed by atoms with E-state index in [4.69, 9.17) is 0 Å². The minimum absolute atomic E-state index is 0.00461. The summed E-state index contributed by atoms with van der Waals surface area (Å²) in [5.41, 5.74) is 1.86. The van der Waals surface area contributed by atoms with Crippen molar-refractivity contribution in [3.05, 3.63) is 71.8 Å². The highest BCUT2D eigenvalue weighted by molar-refractivity contribution is 6.08. The highest BCUT2D eigenvalue weighted by Crippen LogP contribution is 2.32. The molecule has 0 atom stereocenters. The smallest absolute Gasteiger partial charge is 0.0693 e. The van der Waals surface area contributed by atoms with Gasteiger partial charge in [0.25, 0.3) is 0 Å². The third-order valence-corrected chi connectivity index (χ3v) is 4.39. The van der Waals surface area contributed by atoms with Crippen molar-refractivity contribution in [1.29, 1.82) is 0 Å². The third-order valence-electron chi connectivity index (χ3n) is 4.39. The summed E-state index contributed by atoms with van der Waals surface area (Å²) in [6, 6.07) is 20.5. The Kier molecular flexibility index (Phi) is 3.07. The van der Waals surface area contributed by atoms with E-state index in [9.17, 15) is 10.2 Å². The van der Waals surface area contributed by atoms with Gasteiger partial charge in [0.05, 0.1) is 13.2 Å². The lowest BCUT2D eigenvalue weighted by Gasteiger charge is -2.12. The Hall–Kier alpha value is -2.42. The van der Waals surface area contributed by atoms with Crippen LogP contribution in [0.1, 0.15) is 11.1 Å². The van der Waals surface area contributed by atoms with Crippen LogP contribution in [0.2, 0.25) is 0 Å². The van der Waals surface area contributed by atoms with E-state index in [-0.39, 0.29) is 13.2 Å². The van der Waals surface area contributed by atoms with Crippen LogP contribution in [0, 0.1) is 0 Å². The Morgan fingerprint density at radius 1 is 0.591 bits per heavy atom. The Morgan fingerprint density at radius 2 is 1.32 bits per heavy atom. The molecule has 0 heterocycles. The van der Waals surface area contributed by atoms with Crippen LogP contribution in [-0.2, 0) is 13.2 Å². The number of rotatable bonds is 2. The van der Waals surface area contributed by atoms with Crippen LogP contribution < -0.4 is 0 Å². The predicted molar refractivity (Wildman–Crippen MR) is 90.8 cm³/mol. The molecule has 2 nitrogen and oxygen atoms in total. The fourth-order valence-corrected chi connectivity index (χ4v) is 3.31. The summed E-state index contributed by atoms with van der Waals surface area (Å²) in [7, 11) is 0. The SMILES string of the molecule is OCc1cccc2cc3cc4ccccc4c(CO)c3cc12. The number of fused-ring (bicyclic) bond motifs is 3. The first kappa shape index (κ1) is 13.3. The zero-order valence-corrected chi connectivity index (χ0v) is 12.1. The second-order valence-electron chi connectivity index (χ2n) is 5.60. The monoisotopic (exact) mass is 288 g/mol. The van der Waals surface area contributed by atoms with Gasteiger partial charge in [-0.2, -0.15) is 0 Å². The van der Waals surface area contributed by atoms with E-state index < -0.39 is 0 Å². The van der Waals surface area contributed by atoms with Gasteiger partial charge < -0.3 is 10.2 Å². The van der Waals surface area contributed by atoms with Crippen LogP contribution in [0.5, 0.6) is 0 Å². The Balaban J connectivity index is 2.21. The zero-order valence-electron chi connectivity index (χ0n) is 12.1. The van der Waals surface area contributed by atoms with Gasteiger partial charge in [-0.3, -0.25) is 0 Å². The van der Waals surface area contributed by atoms with Crippen molar-refractivity contribution in [2.24, 2.45) is 0 Å². The lowest BCUT2D eigenvalue weighted by molar-refractivity contribution is 0.283. The molecule has 0 aromatic heterocycles. The standard InChI is InChI=1S/C20H16O2/c21-11-15-6-3-5-14-9-16-8-13-4-1-2-7-17(13)20(12-22)19(16)10-18(14)15/h1-10,21-22H,11-12H2. The molecule has 22 heavy (non-hydrogen) atoms. The molecule has 0 fully saturated rings. The lowest BCUT2D eigenvalue weighted by Crippen LogP contribution is -1.91. The van der Waals surface area contributed by atoms with Gasteiger partial charge in [0, 0.05) is 0 Å². The Bertz CT molecular complexity index is 1000. The minimum Gasteiger partial charge on any atom is -0.392 e. The van der Waals surface area contributed by atoms with E-state index in [1.54, 1.807) is 0 Å². The average Bonchev–Trinajstić information content (AvgIpc) is 2.57. The molecule has 4 aromatic carbocycles. The first-order valence-corrected chi connectivity index (χ1v) is 7.39. The maximum Gasteiger partial charge on any atom is 0.0693 e.